The number of aromatic amines is 1. The Hall–Kier alpha value is -3.06. The van der Waals surface area contributed by atoms with Gasteiger partial charge in [0.25, 0.3) is 0 Å². The van der Waals surface area contributed by atoms with Crippen molar-refractivity contribution in [3.63, 3.8) is 0 Å². The van der Waals surface area contributed by atoms with Crippen molar-refractivity contribution in [2.45, 2.75) is 25.0 Å². The van der Waals surface area contributed by atoms with Gasteiger partial charge < -0.3 is 9.72 Å². The molecule has 3 heterocycles. The van der Waals surface area contributed by atoms with E-state index >= 15 is 0 Å². The van der Waals surface area contributed by atoms with Gasteiger partial charge in [0.05, 0.1) is 28.9 Å². The lowest BCUT2D eigenvalue weighted by Crippen LogP contribution is -2.36. The summed E-state index contributed by atoms with van der Waals surface area (Å²) in [7, 11) is 1.70. The molecule has 1 aliphatic rings. The number of hydrogen-bond donors (Lipinski definition) is 1. The zero-order chi connectivity index (χ0) is 18.5. The third-order valence-electron chi connectivity index (χ3n) is 5.37. The fourth-order valence-corrected chi connectivity index (χ4v) is 3.82. The van der Waals surface area contributed by atoms with Crippen molar-refractivity contribution in [1.82, 2.24) is 19.5 Å². The highest BCUT2D eigenvalue weighted by molar-refractivity contribution is 6.03. The monoisotopic (exact) mass is 364 g/mol. The number of fused-ring (bicyclic) bond motifs is 3. The summed E-state index contributed by atoms with van der Waals surface area (Å²) in [6, 6.07) is 8.96. The zero-order valence-corrected chi connectivity index (χ0v) is 14.6. The number of H-pyrrole nitrogens is 1. The van der Waals surface area contributed by atoms with Crippen molar-refractivity contribution < 1.29 is 9.13 Å². The Balaban J connectivity index is 1.72. The molecule has 7 heteroatoms. The van der Waals surface area contributed by atoms with Crippen molar-refractivity contribution in [3.8, 4) is 11.1 Å². The summed E-state index contributed by atoms with van der Waals surface area (Å²) >= 11 is 0. The van der Waals surface area contributed by atoms with Gasteiger partial charge in [-0.05, 0) is 42.7 Å². The molecule has 0 unspecified atom stereocenters. The highest BCUT2D eigenvalue weighted by Gasteiger charge is 2.33. The first-order valence-electron chi connectivity index (χ1n) is 8.82. The molecule has 1 saturated carbocycles. The first-order chi connectivity index (χ1) is 13.1. The molecule has 1 aliphatic carbocycles. The Bertz CT molecular complexity index is 1210. The highest BCUT2D eigenvalue weighted by Crippen LogP contribution is 2.37. The molecule has 0 bridgehead atoms. The summed E-state index contributed by atoms with van der Waals surface area (Å²) in [5.41, 5.74) is 3.93. The van der Waals surface area contributed by atoms with Crippen LogP contribution in [0.5, 0.6) is 0 Å². The van der Waals surface area contributed by atoms with Crippen molar-refractivity contribution in [3.05, 3.63) is 59.2 Å². The van der Waals surface area contributed by atoms with Crippen molar-refractivity contribution in [1.29, 1.82) is 0 Å². The Kier molecular flexibility index (Phi) is 3.58. The highest BCUT2D eigenvalue weighted by atomic mass is 19.1. The molecular weight excluding hydrogens is 347 g/mol. The average molecular weight is 364 g/mol. The number of pyridine rings is 2. The predicted molar refractivity (Wildman–Crippen MR) is 100 cm³/mol. The van der Waals surface area contributed by atoms with Gasteiger partial charge >= 0.3 is 5.69 Å². The summed E-state index contributed by atoms with van der Waals surface area (Å²) in [6.07, 6.45) is 5.02. The minimum atomic E-state index is -0.513. The molecule has 0 amide bonds. The molecule has 5 rings (SSSR count). The number of rotatable bonds is 3. The van der Waals surface area contributed by atoms with Crippen LogP contribution in [0.25, 0.3) is 33.1 Å². The van der Waals surface area contributed by atoms with Crippen LogP contribution >= 0.6 is 0 Å². The van der Waals surface area contributed by atoms with E-state index in [1.165, 1.54) is 12.3 Å². The van der Waals surface area contributed by atoms with Gasteiger partial charge in [0.1, 0.15) is 0 Å². The second kappa shape index (κ2) is 5.99. The molecule has 0 radical (unpaired) electrons. The molecule has 136 valence electrons. The van der Waals surface area contributed by atoms with Crippen LogP contribution in [0.3, 0.4) is 0 Å². The Morgan fingerprint density at radius 2 is 1.96 bits per heavy atom. The summed E-state index contributed by atoms with van der Waals surface area (Å²) in [5, 5.41) is 0.883. The molecule has 0 saturated heterocycles. The smallest absolute Gasteiger partial charge is 0.326 e. The van der Waals surface area contributed by atoms with Crippen LogP contribution in [0.15, 0.2) is 47.5 Å². The van der Waals surface area contributed by atoms with E-state index < -0.39 is 5.95 Å². The molecule has 4 aromatic rings. The van der Waals surface area contributed by atoms with Gasteiger partial charge in [-0.15, -0.1) is 0 Å². The molecule has 1 fully saturated rings. The first-order valence-corrected chi connectivity index (χ1v) is 8.82. The molecule has 0 aliphatic heterocycles. The van der Waals surface area contributed by atoms with Crippen LogP contribution in [0.1, 0.15) is 18.9 Å². The van der Waals surface area contributed by atoms with Crippen LogP contribution in [-0.4, -0.2) is 32.7 Å². The van der Waals surface area contributed by atoms with Crippen LogP contribution in [0, 0.1) is 5.95 Å². The average Bonchev–Trinajstić information content (AvgIpc) is 2.98. The minimum Gasteiger partial charge on any atom is -0.381 e. The van der Waals surface area contributed by atoms with Gasteiger partial charge in [0.15, 0.2) is 0 Å². The van der Waals surface area contributed by atoms with E-state index in [9.17, 15) is 9.18 Å². The van der Waals surface area contributed by atoms with Crippen LogP contribution in [0.2, 0.25) is 0 Å². The van der Waals surface area contributed by atoms with Crippen molar-refractivity contribution in [2.75, 3.05) is 7.11 Å². The molecule has 1 N–H and O–H groups in total. The number of imidazole rings is 1. The molecule has 3 aromatic heterocycles. The van der Waals surface area contributed by atoms with Gasteiger partial charge in [0, 0.05) is 30.3 Å². The molecular formula is C20H17FN4O2. The zero-order valence-electron chi connectivity index (χ0n) is 14.6. The summed E-state index contributed by atoms with van der Waals surface area (Å²) in [6.45, 7) is 0. The number of benzene rings is 1. The van der Waals surface area contributed by atoms with E-state index in [2.05, 4.69) is 15.0 Å². The van der Waals surface area contributed by atoms with E-state index in [-0.39, 0.29) is 17.8 Å². The lowest BCUT2D eigenvalue weighted by atomic mass is 9.89. The van der Waals surface area contributed by atoms with Gasteiger partial charge in [-0.25, -0.2) is 9.78 Å². The van der Waals surface area contributed by atoms with E-state index in [0.717, 1.165) is 40.4 Å². The minimum absolute atomic E-state index is 0.109. The van der Waals surface area contributed by atoms with Gasteiger partial charge in [0.2, 0.25) is 5.95 Å². The standard InChI is InChI=1S/C20H17FN4O2/c1-27-14-7-13(8-14)25-19-15-6-11(12-3-5-18(21)23-9-12)2-4-16(15)22-10-17(19)24-20(25)26/h2-6,9-10,13-14H,7-8H2,1H3,(H,24,26)/t13-,14+. The summed E-state index contributed by atoms with van der Waals surface area (Å²) in [5.74, 6) is -0.513. The van der Waals surface area contributed by atoms with Crippen molar-refractivity contribution >= 4 is 21.9 Å². The lowest BCUT2D eigenvalue weighted by molar-refractivity contribution is 0.00653. The van der Waals surface area contributed by atoms with E-state index in [4.69, 9.17) is 4.74 Å². The fourth-order valence-electron chi connectivity index (χ4n) is 3.82. The maximum Gasteiger partial charge on any atom is 0.326 e. The number of halogens is 1. The third kappa shape index (κ3) is 2.54. The predicted octanol–water partition coefficient (Wildman–Crippen LogP) is 3.43. The van der Waals surface area contributed by atoms with Crippen LogP contribution < -0.4 is 5.69 Å². The second-order valence-corrected chi connectivity index (χ2v) is 6.91. The maximum absolute atomic E-state index is 13.1. The van der Waals surface area contributed by atoms with Gasteiger partial charge in [-0.3, -0.25) is 9.55 Å². The molecule has 0 atom stereocenters. The molecule has 1 aromatic carbocycles. The Labute approximate surface area is 153 Å². The lowest BCUT2D eigenvalue weighted by Gasteiger charge is -2.34. The SMILES string of the molecule is CO[C@H]1C[C@@H](n2c(=O)[nH]c3cnc4ccc(-c5ccc(F)nc5)cc4c32)C1. The quantitative estimate of drug-likeness (QED) is 0.565. The molecule has 6 nitrogen and oxygen atoms in total. The van der Waals surface area contributed by atoms with Crippen LogP contribution in [0.4, 0.5) is 4.39 Å². The number of nitrogens with zero attached hydrogens (tertiary/aromatic N) is 3. The van der Waals surface area contributed by atoms with Crippen LogP contribution in [-0.2, 0) is 4.74 Å². The second-order valence-electron chi connectivity index (χ2n) is 6.91. The fraction of sp³-hybridized carbons (Fsp3) is 0.250. The molecule has 0 spiro atoms. The Morgan fingerprint density at radius 1 is 1.15 bits per heavy atom. The van der Waals surface area contributed by atoms with E-state index in [1.807, 2.05) is 22.8 Å². The van der Waals surface area contributed by atoms with Gasteiger partial charge in [-0.2, -0.15) is 4.39 Å². The first kappa shape index (κ1) is 16.1. The topological polar surface area (TPSA) is 72.8 Å². The number of hydrogen-bond acceptors (Lipinski definition) is 4. The Morgan fingerprint density at radius 3 is 2.70 bits per heavy atom. The number of methoxy groups -OCH3 is 1. The number of ether oxygens (including phenoxy) is 1. The molecule has 27 heavy (non-hydrogen) atoms. The third-order valence-corrected chi connectivity index (χ3v) is 5.37. The van der Waals surface area contributed by atoms with Crippen molar-refractivity contribution in [2.24, 2.45) is 0 Å². The largest absolute Gasteiger partial charge is 0.381 e. The summed E-state index contributed by atoms with van der Waals surface area (Å²) < 4.78 is 20.3. The summed E-state index contributed by atoms with van der Waals surface area (Å²) in [4.78, 5) is 23.7. The number of nitrogens with one attached hydrogen (secondary N) is 1. The van der Waals surface area contributed by atoms with E-state index in [1.54, 1.807) is 19.4 Å². The van der Waals surface area contributed by atoms with Gasteiger partial charge in [-0.1, -0.05) is 6.07 Å². The maximum atomic E-state index is 13.1. The van der Waals surface area contributed by atoms with E-state index in [0.29, 0.717) is 5.52 Å². The normalized spacial score (nSPS) is 19.5. The number of aromatic nitrogens is 4.